The van der Waals surface area contributed by atoms with Crippen LogP contribution < -0.4 is 21.2 Å². The molecule has 0 unspecified atom stereocenters. The van der Waals surface area contributed by atoms with Crippen molar-refractivity contribution in [1.82, 2.24) is 0 Å². The van der Waals surface area contributed by atoms with Crippen molar-refractivity contribution in [2.24, 2.45) is 9.98 Å². The van der Waals surface area contributed by atoms with E-state index >= 15 is 0 Å². The average molecular weight is 331 g/mol. The molecule has 4 rings (SSSR count). The van der Waals surface area contributed by atoms with Crippen LogP contribution in [-0.2, 0) is 9.59 Å². The van der Waals surface area contributed by atoms with Crippen molar-refractivity contribution in [3.63, 3.8) is 0 Å². The van der Waals surface area contributed by atoms with Gasteiger partial charge in [-0.2, -0.15) is 0 Å². The molecule has 2 aromatic carbocycles. The lowest BCUT2D eigenvalue weighted by atomic mass is 9.97. The second-order valence-electron chi connectivity index (χ2n) is 5.45. The van der Waals surface area contributed by atoms with E-state index in [2.05, 4.69) is 9.98 Å². The van der Waals surface area contributed by atoms with Gasteiger partial charge in [-0.25, -0.2) is 9.98 Å². The molecule has 2 aromatic rings. The highest BCUT2D eigenvalue weighted by molar-refractivity contribution is 6.17. The van der Waals surface area contributed by atoms with Crippen LogP contribution in [0.3, 0.4) is 0 Å². The second kappa shape index (κ2) is 5.41. The lowest BCUT2D eigenvalue weighted by Gasteiger charge is -2.11. The average Bonchev–Trinajstić information content (AvgIpc) is 2.60. The third-order valence-electron chi connectivity index (χ3n) is 3.97. The molecular formula is C18H9N3O4. The molecule has 7 heteroatoms. The number of amides is 2. The summed E-state index contributed by atoms with van der Waals surface area (Å²) in [5.41, 5.74) is -0.870. The maximum Gasteiger partial charge on any atom is 0.292 e. The Hall–Kier alpha value is -3.74. The zero-order valence-corrected chi connectivity index (χ0v) is 12.7. The number of fused-ring (bicyclic) bond motifs is 2. The number of rotatable bonds is 1. The van der Waals surface area contributed by atoms with E-state index in [-0.39, 0.29) is 21.7 Å². The molecule has 0 aromatic heterocycles. The van der Waals surface area contributed by atoms with Gasteiger partial charge in [0.05, 0.1) is 26.4 Å². The standard InChI is InChI=1S/C18H9N3O4/c22-17-12(9-10-5-1-3-7-13(10)19-17)15-16(21(24)25)11-6-2-4-8-14(11)20-18(15)23/h1-9H. The molecule has 0 saturated carbocycles. The van der Waals surface area contributed by atoms with Crippen LogP contribution in [0.2, 0.25) is 0 Å². The lowest BCUT2D eigenvalue weighted by Crippen LogP contribution is -2.38. The zero-order chi connectivity index (χ0) is 17.6. The van der Waals surface area contributed by atoms with Gasteiger partial charge in [0.2, 0.25) is 0 Å². The Morgan fingerprint density at radius 2 is 1.48 bits per heavy atom. The molecule has 25 heavy (non-hydrogen) atoms. The van der Waals surface area contributed by atoms with E-state index in [1.807, 2.05) is 0 Å². The van der Waals surface area contributed by atoms with E-state index in [9.17, 15) is 19.7 Å². The maximum atomic E-state index is 12.5. The van der Waals surface area contributed by atoms with Crippen LogP contribution in [-0.4, -0.2) is 16.7 Å². The minimum Gasteiger partial charge on any atom is -0.267 e. The first-order chi connectivity index (χ1) is 12.1. The van der Waals surface area contributed by atoms with Gasteiger partial charge in [0.1, 0.15) is 5.57 Å². The van der Waals surface area contributed by atoms with Crippen LogP contribution in [0, 0.1) is 10.1 Å². The fourth-order valence-corrected chi connectivity index (χ4v) is 2.88. The predicted octanol–water partition coefficient (Wildman–Crippen LogP) is -0.832. The van der Waals surface area contributed by atoms with Crippen molar-refractivity contribution in [1.29, 1.82) is 0 Å². The summed E-state index contributed by atoms with van der Waals surface area (Å²) >= 11 is 0. The minimum atomic E-state index is -0.820. The fraction of sp³-hybridized carbons (Fsp3) is 0. The molecule has 2 aliphatic rings. The lowest BCUT2D eigenvalue weighted by molar-refractivity contribution is -0.376. The van der Waals surface area contributed by atoms with Crippen molar-refractivity contribution in [2.75, 3.05) is 0 Å². The molecule has 2 aliphatic heterocycles. The molecule has 0 atom stereocenters. The number of carbonyl (C=O) groups excluding carboxylic acids is 2. The van der Waals surface area contributed by atoms with Crippen LogP contribution in [0.15, 0.2) is 69.7 Å². The van der Waals surface area contributed by atoms with Gasteiger partial charge in [-0.3, -0.25) is 19.7 Å². The molecule has 0 N–H and O–H groups in total. The van der Waals surface area contributed by atoms with E-state index in [1.54, 1.807) is 36.4 Å². The van der Waals surface area contributed by atoms with Crippen molar-refractivity contribution in [3.8, 4) is 0 Å². The second-order valence-corrected chi connectivity index (χ2v) is 5.45. The van der Waals surface area contributed by atoms with Crippen LogP contribution >= 0.6 is 0 Å². The topological polar surface area (TPSA) is 102 Å². The highest BCUT2D eigenvalue weighted by Gasteiger charge is 2.34. The highest BCUT2D eigenvalue weighted by Crippen LogP contribution is 2.21. The van der Waals surface area contributed by atoms with Gasteiger partial charge < -0.3 is 0 Å². The van der Waals surface area contributed by atoms with Gasteiger partial charge in [0.25, 0.3) is 17.5 Å². The first kappa shape index (κ1) is 14.8. The largest absolute Gasteiger partial charge is 0.292 e. The summed E-state index contributed by atoms with van der Waals surface area (Å²) in [5.74, 6) is -1.52. The molecule has 0 fully saturated rings. The summed E-state index contributed by atoms with van der Waals surface area (Å²) in [4.78, 5) is 43.7. The van der Waals surface area contributed by atoms with Crippen LogP contribution in [0.5, 0.6) is 0 Å². The van der Waals surface area contributed by atoms with E-state index in [0.29, 0.717) is 10.6 Å². The number of hydrogen-bond acceptors (Lipinski definition) is 4. The first-order valence-corrected chi connectivity index (χ1v) is 7.37. The van der Waals surface area contributed by atoms with Crippen LogP contribution in [0.25, 0.3) is 11.8 Å². The smallest absolute Gasteiger partial charge is 0.267 e. The third-order valence-corrected chi connectivity index (χ3v) is 3.97. The Bertz CT molecular complexity index is 1260. The summed E-state index contributed by atoms with van der Waals surface area (Å²) in [6, 6.07) is 13.1. The number of hydrogen-bond donors (Lipinski definition) is 0. The summed E-state index contributed by atoms with van der Waals surface area (Å²) in [5, 5.41) is 13.1. The SMILES string of the molecule is O=C1N=c2ccccc2=CC1=C1C(=O)N=c2ccccc2=C1[N+](=O)[O-]. The van der Waals surface area contributed by atoms with E-state index in [0.717, 1.165) is 0 Å². The molecule has 0 saturated heterocycles. The van der Waals surface area contributed by atoms with Crippen molar-refractivity contribution in [3.05, 3.63) is 90.9 Å². The van der Waals surface area contributed by atoms with Gasteiger partial charge in [0.15, 0.2) is 0 Å². The normalized spacial score (nSPS) is 18.5. The highest BCUT2D eigenvalue weighted by atomic mass is 16.6. The maximum absolute atomic E-state index is 12.5. The number of para-hydroxylation sites is 2. The quantitative estimate of drug-likeness (QED) is 0.386. The molecule has 0 radical (unpaired) electrons. The molecule has 0 aliphatic carbocycles. The van der Waals surface area contributed by atoms with Gasteiger partial charge in [-0.05, 0) is 24.3 Å². The van der Waals surface area contributed by atoms with E-state index in [4.69, 9.17) is 0 Å². The number of nitro groups is 1. The summed E-state index contributed by atoms with van der Waals surface area (Å²) < 4.78 is 0. The van der Waals surface area contributed by atoms with Crippen LogP contribution in [0.1, 0.15) is 0 Å². The number of nitrogens with zero attached hydrogens (tertiary/aromatic N) is 3. The minimum absolute atomic E-state index is 0.117. The summed E-state index contributed by atoms with van der Waals surface area (Å²) in [6.07, 6.45) is 1.45. The first-order valence-electron chi connectivity index (χ1n) is 7.37. The Morgan fingerprint density at radius 3 is 2.24 bits per heavy atom. The van der Waals surface area contributed by atoms with Gasteiger partial charge >= 0.3 is 0 Å². The summed E-state index contributed by atoms with van der Waals surface area (Å²) in [7, 11) is 0. The monoisotopic (exact) mass is 331 g/mol. The number of carbonyl (C=O) groups is 2. The molecular weight excluding hydrogens is 322 g/mol. The van der Waals surface area contributed by atoms with Crippen molar-refractivity contribution < 1.29 is 14.5 Å². The molecule has 0 bridgehead atoms. The molecule has 0 spiro atoms. The molecule has 7 nitrogen and oxygen atoms in total. The van der Waals surface area contributed by atoms with Gasteiger partial charge in [-0.1, -0.05) is 30.3 Å². The Labute approximate surface area is 139 Å². The van der Waals surface area contributed by atoms with Gasteiger partial charge in [-0.15, -0.1) is 0 Å². The van der Waals surface area contributed by atoms with E-state index in [1.165, 1.54) is 18.2 Å². The summed E-state index contributed by atoms with van der Waals surface area (Å²) in [6.45, 7) is 0. The Kier molecular flexibility index (Phi) is 3.21. The van der Waals surface area contributed by atoms with Crippen molar-refractivity contribution in [2.45, 2.75) is 0 Å². The fourth-order valence-electron chi connectivity index (χ4n) is 2.88. The van der Waals surface area contributed by atoms with Gasteiger partial charge in [0, 0.05) is 5.22 Å². The molecule has 2 heterocycles. The molecule has 2 amide bonds. The number of benzene rings is 2. The Balaban J connectivity index is 2.15. The zero-order valence-electron chi connectivity index (χ0n) is 12.7. The third kappa shape index (κ3) is 2.29. The van der Waals surface area contributed by atoms with E-state index < -0.39 is 22.4 Å². The Morgan fingerprint density at radius 1 is 0.840 bits per heavy atom. The van der Waals surface area contributed by atoms with Crippen LogP contribution in [0.4, 0.5) is 0 Å². The van der Waals surface area contributed by atoms with Crippen molar-refractivity contribution >= 4 is 23.6 Å². The predicted molar refractivity (Wildman–Crippen MR) is 86.4 cm³/mol. The molecule has 120 valence electrons.